The SMILES string of the molecule is COc1cc(N2CCN(C(=O)Cn3cnc(C4CC4)cc3=O)CC2)nc(C)n1. The Hall–Kier alpha value is -2.97. The third-order valence-electron chi connectivity index (χ3n) is 5.17. The lowest BCUT2D eigenvalue weighted by Gasteiger charge is -2.35. The number of aromatic nitrogens is 4. The Morgan fingerprint density at radius 1 is 1.18 bits per heavy atom. The Morgan fingerprint density at radius 2 is 1.93 bits per heavy atom. The van der Waals surface area contributed by atoms with E-state index >= 15 is 0 Å². The molecule has 0 aromatic carbocycles. The monoisotopic (exact) mass is 384 g/mol. The predicted molar refractivity (Wildman–Crippen MR) is 103 cm³/mol. The van der Waals surface area contributed by atoms with Crippen LogP contribution in [0.5, 0.6) is 5.88 Å². The quantitative estimate of drug-likeness (QED) is 0.744. The van der Waals surface area contributed by atoms with E-state index in [1.807, 2.05) is 6.92 Å². The summed E-state index contributed by atoms with van der Waals surface area (Å²) in [6.45, 7) is 4.33. The maximum Gasteiger partial charge on any atom is 0.254 e. The molecule has 0 spiro atoms. The number of methoxy groups -OCH3 is 1. The third kappa shape index (κ3) is 3.97. The van der Waals surface area contributed by atoms with Gasteiger partial charge in [0.2, 0.25) is 11.8 Å². The number of rotatable bonds is 5. The minimum atomic E-state index is -0.160. The van der Waals surface area contributed by atoms with Crippen LogP contribution in [0.2, 0.25) is 0 Å². The molecule has 148 valence electrons. The molecule has 1 amide bonds. The standard InChI is InChI=1S/C19H24N6O3/c1-13-21-16(10-17(22-13)28-2)23-5-7-24(8-6-23)19(27)11-25-12-20-15(9-18(25)26)14-3-4-14/h9-10,12,14H,3-8,11H2,1-2H3. The van der Waals surface area contributed by atoms with E-state index in [1.165, 1.54) is 10.9 Å². The largest absolute Gasteiger partial charge is 0.481 e. The van der Waals surface area contributed by atoms with Crippen molar-refractivity contribution in [2.45, 2.75) is 32.2 Å². The molecule has 1 aliphatic carbocycles. The van der Waals surface area contributed by atoms with Crippen LogP contribution in [-0.2, 0) is 11.3 Å². The summed E-state index contributed by atoms with van der Waals surface area (Å²) in [4.78, 5) is 41.7. The number of piperazine rings is 1. The van der Waals surface area contributed by atoms with E-state index in [0.717, 1.165) is 24.4 Å². The fourth-order valence-electron chi connectivity index (χ4n) is 3.38. The van der Waals surface area contributed by atoms with Crippen LogP contribution in [0.4, 0.5) is 5.82 Å². The average Bonchev–Trinajstić information content (AvgIpc) is 3.54. The molecule has 9 heteroatoms. The fraction of sp³-hybridized carbons (Fsp3) is 0.526. The maximum absolute atomic E-state index is 12.6. The van der Waals surface area contributed by atoms with E-state index in [0.29, 0.717) is 43.8 Å². The van der Waals surface area contributed by atoms with Gasteiger partial charge in [0.25, 0.3) is 5.56 Å². The number of carbonyl (C=O) groups excluding carboxylic acids is 1. The topological polar surface area (TPSA) is 93.5 Å². The smallest absolute Gasteiger partial charge is 0.254 e. The molecular weight excluding hydrogens is 360 g/mol. The Morgan fingerprint density at radius 3 is 2.57 bits per heavy atom. The van der Waals surface area contributed by atoms with Crippen molar-refractivity contribution in [3.63, 3.8) is 0 Å². The van der Waals surface area contributed by atoms with Crippen LogP contribution < -0.4 is 15.2 Å². The van der Waals surface area contributed by atoms with E-state index in [2.05, 4.69) is 19.9 Å². The molecule has 4 rings (SSSR count). The lowest BCUT2D eigenvalue weighted by atomic mass is 10.3. The summed E-state index contributed by atoms with van der Waals surface area (Å²) in [7, 11) is 1.58. The Kier molecular flexibility index (Phi) is 4.97. The van der Waals surface area contributed by atoms with Crippen molar-refractivity contribution >= 4 is 11.7 Å². The van der Waals surface area contributed by atoms with Gasteiger partial charge in [-0.25, -0.2) is 9.97 Å². The molecule has 0 atom stereocenters. The van der Waals surface area contributed by atoms with Gasteiger partial charge in [0.1, 0.15) is 18.2 Å². The van der Waals surface area contributed by atoms with Crippen molar-refractivity contribution in [2.24, 2.45) is 0 Å². The first kappa shape index (κ1) is 18.4. The van der Waals surface area contributed by atoms with Crippen LogP contribution in [0.15, 0.2) is 23.3 Å². The zero-order valence-corrected chi connectivity index (χ0v) is 16.2. The number of hydrogen-bond acceptors (Lipinski definition) is 7. The molecule has 2 aliphatic rings. The zero-order chi connectivity index (χ0) is 19.7. The predicted octanol–water partition coefficient (Wildman–Crippen LogP) is 0.577. The molecule has 2 aromatic rings. The van der Waals surface area contributed by atoms with Crippen molar-refractivity contribution < 1.29 is 9.53 Å². The number of carbonyl (C=O) groups is 1. The lowest BCUT2D eigenvalue weighted by Crippen LogP contribution is -2.50. The molecule has 2 fully saturated rings. The van der Waals surface area contributed by atoms with Gasteiger partial charge in [-0.1, -0.05) is 0 Å². The molecule has 0 radical (unpaired) electrons. The minimum Gasteiger partial charge on any atom is -0.481 e. The lowest BCUT2D eigenvalue weighted by molar-refractivity contribution is -0.132. The molecule has 28 heavy (non-hydrogen) atoms. The van der Waals surface area contributed by atoms with E-state index in [1.54, 1.807) is 24.1 Å². The number of nitrogens with zero attached hydrogens (tertiary/aromatic N) is 6. The maximum atomic E-state index is 12.6. The highest BCUT2D eigenvalue weighted by atomic mass is 16.5. The van der Waals surface area contributed by atoms with Crippen molar-refractivity contribution in [3.05, 3.63) is 40.3 Å². The van der Waals surface area contributed by atoms with Crippen LogP contribution in [0.1, 0.15) is 30.3 Å². The minimum absolute atomic E-state index is 0.0250. The Bertz CT molecular complexity index is 932. The summed E-state index contributed by atoms with van der Waals surface area (Å²) >= 11 is 0. The summed E-state index contributed by atoms with van der Waals surface area (Å²) in [5.41, 5.74) is 0.685. The summed E-state index contributed by atoms with van der Waals surface area (Å²) in [5.74, 6) is 2.33. The normalized spacial score (nSPS) is 16.9. The van der Waals surface area contributed by atoms with Crippen molar-refractivity contribution in [1.29, 1.82) is 0 Å². The molecule has 0 bridgehead atoms. The second-order valence-corrected chi connectivity index (χ2v) is 7.24. The van der Waals surface area contributed by atoms with E-state index < -0.39 is 0 Å². The van der Waals surface area contributed by atoms with Gasteiger partial charge in [-0.3, -0.25) is 14.2 Å². The summed E-state index contributed by atoms with van der Waals surface area (Å²) in [5, 5.41) is 0. The first-order valence-corrected chi connectivity index (χ1v) is 9.52. The van der Waals surface area contributed by atoms with Crippen LogP contribution in [-0.4, -0.2) is 63.6 Å². The fourth-order valence-corrected chi connectivity index (χ4v) is 3.38. The molecular formula is C19H24N6O3. The van der Waals surface area contributed by atoms with Gasteiger partial charge in [-0.2, -0.15) is 4.98 Å². The van der Waals surface area contributed by atoms with Crippen LogP contribution in [0, 0.1) is 6.92 Å². The van der Waals surface area contributed by atoms with Gasteiger partial charge >= 0.3 is 0 Å². The van der Waals surface area contributed by atoms with Gasteiger partial charge in [-0.05, 0) is 19.8 Å². The first-order chi connectivity index (χ1) is 13.5. The number of ether oxygens (including phenoxy) is 1. The highest BCUT2D eigenvalue weighted by Crippen LogP contribution is 2.38. The molecule has 1 saturated heterocycles. The first-order valence-electron chi connectivity index (χ1n) is 9.52. The zero-order valence-electron chi connectivity index (χ0n) is 16.2. The van der Waals surface area contributed by atoms with Crippen molar-refractivity contribution in [2.75, 3.05) is 38.2 Å². The second kappa shape index (κ2) is 7.57. The average molecular weight is 384 g/mol. The number of anilines is 1. The van der Waals surface area contributed by atoms with E-state index in [9.17, 15) is 9.59 Å². The van der Waals surface area contributed by atoms with Gasteiger partial charge in [0, 0.05) is 44.2 Å². The van der Waals surface area contributed by atoms with E-state index in [4.69, 9.17) is 4.74 Å². The van der Waals surface area contributed by atoms with Crippen molar-refractivity contribution in [1.82, 2.24) is 24.4 Å². The molecule has 0 unspecified atom stereocenters. The second-order valence-electron chi connectivity index (χ2n) is 7.24. The highest BCUT2D eigenvalue weighted by molar-refractivity contribution is 5.76. The van der Waals surface area contributed by atoms with Gasteiger partial charge < -0.3 is 14.5 Å². The summed E-state index contributed by atoms with van der Waals surface area (Å²) in [6, 6.07) is 3.37. The van der Waals surface area contributed by atoms with Gasteiger partial charge in [-0.15, -0.1) is 0 Å². The Labute approximate surface area is 163 Å². The van der Waals surface area contributed by atoms with E-state index in [-0.39, 0.29) is 18.0 Å². The Balaban J connectivity index is 1.36. The summed E-state index contributed by atoms with van der Waals surface area (Å²) in [6.07, 6.45) is 3.69. The molecule has 1 saturated carbocycles. The van der Waals surface area contributed by atoms with Crippen LogP contribution in [0.3, 0.4) is 0 Å². The summed E-state index contributed by atoms with van der Waals surface area (Å²) < 4.78 is 6.60. The van der Waals surface area contributed by atoms with Gasteiger partial charge in [0.05, 0.1) is 19.1 Å². The highest BCUT2D eigenvalue weighted by Gasteiger charge is 2.26. The molecule has 9 nitrogen and oxygen atoms in total. The molecule has 3 heterocycles. The molecule has 1 aliphatic heterocycles. The number of aryl methyl sites for hydroxylation is 1. The van der Waals surface area contributed by atoms with Gasteiger partial charge in [0.15, 0.2) is 0 Å². The number of hydrogen-bond donors (Lipinski definition) is 0. The van der Waals surface area contributed by atoms with Crippen molar-refractivity contribution in [3.8, 4) is 5.88 Å². The number of amides is 1. The third-order valence-corrected chi connectivity index (χ3v) is 5.17. The van der Waals surface area contributed by atoms with Crippen LogP contribution >= 0.6 is 0 Å². The molecule has 2 aromatic heterocycles. The molecule has 0 N–H and O–H groups in total. The van der Waals surface area contributed by atoms with Crippen LogP contribution in [0.25, 0.3) is 0 Å².